The molecule has 0 aliphatic rings. The standard InChI is InChI=1S/C20H22Cl2N4OS2/c1-12(28-20-25-17-6-4-14(23)10-18(17)29-20)19(27)24-7-8-26(2)11-13-3-5-15(21)16(22)9-13/h3-6,9-10,12H,7-8,11,23H2,1-2H3,(H,24,27). The molecule has 154 valence electrons. The van der Waals surface area contributed by atoms with Crippen LogP contribution in [-0.2, 0) is 11.3 Å². The van der Waals surface area contributed by atoms with Gasteiger partial charge in [-0.2, -0.15) is 0 Å². The maximum absolute atomic E-state index is 12.4. The Labute approximate surface area is 188 Å². The number of amides is 1. The van der Waals surface area contributed by atoms with Gasteiger partial charge in [0.15, 0.2) is 4.34 Å². The molecule has 1 atom stereocenters. The number of hydrogen-bond acceptors (Lipinski definition) is 6. The lowest BCUT2D eigenvalue weighted by atomic mass is 10.2. The Kier molecular flexibility index (Phi) is 7.65. The highest BCUT2D eigenvalue weighted by atomic mass is 35.5. The second kappa shape index (κ2) is 10.00. The van der Waals surface area contributed by atoms with Gasteiger partial charge in [0.2, 0.25) is 5.91 Å². The van der Waals surface area contributed by atoms with Gasteiger partial charge in [0.25, 0.3) is 0 Å². The molecule has 1 unspecified atom stereocenters. The average molecular weight is 469 g/mol. The molecule has 1 amide bonds. The lowest BCUT2D eigenvalue weighted by Crippen LogP contribution is -2.36. The topological polar surface area (TPSA) is 71.2 Å². The van der Waals surface area contributed by atoms with E-state index in [1.807, 2.05) is 44.3 Å². The first-order valence-electron chi connectivity index (χ1n) is 9.04. The summed E-state index contributed by atoms with van der Waals surface area (Å²) in [5.74, 6) is -0.00305. The number of rotatable bonds is 8. The van der Waals surface area contributed by atoms with Gasteiger partial charge in [-0.25, -0.2) is 4.98 Å². The molecule has 0 spiro atoms. The number of benzene rings is 2. The number of nitrogen functional groups attached to an aromatic ring is 1. The number of nitrogens with zero attached hydrogens (tertiary/aromatic N) is 2. The maximum Gasteiger partial charge on any atom is 0.233 e. The first-order chi connectivity index (χ1) is 13.8. The minimum absolute atomic E-state index is 0.00305. The lowest BCUT2D eigenvalue weighted by molar-refractivity contribution is -0.120. The van der Waals surface area contributed by atoms with E-state index in [1.54, 1.807) is 17.4 Å². The van der Waals surface area contributed by atoms with Crippen molar-refractivity contribution < 1.29 is 4.79 Å². The number of aromatic nitrogens is 1. The fourth-order valence-corrected chi connectivity index (χ4v) is 5.32. The second-order valence-electron chi connectivity index (χ2n) is 6.74. The van der Waals surface area contributed by atoms with E-state index in [0.717, 1.165) is 33.2 Å². The van der Waals surface area contributed by atoms with E-state index in [4.69, 9.17) is 28.9 Å². The number of thiazole rings is 1. The van der Waals surface area contributed by atoms with Crippen LogP contribution in [0.2, 0.25) is 10.0 Å². The summed E-state index contributed by atoms with van der Waals surface area (Å²) in [6, 6.07) is 11.3. The van der Waals surface area contributed by atoms with Gasteiger partial charge < -0.3 is 16.0 Å². The largest absolute Gasteiger partial charge is 0.399 e. The molecule has 9 heteroatoms. The molecular formula is C20H22Cl2N4OS2. The molecule has 0 aliphatic heterocycles. The summed E-state index contributed by atoms with van der Waals surface area (Å²) in [7, 11) is 2.00. The van der Waals surface area contributed by atoms with E-state index in [1.165, 1.54) is 11.8 Å². The van der Waals surface area contributed by atoms with Crippen molar-refractivity contribution in [1.82, 2.24) is 15.2 Å². The van der Waals surface area contributed by atoms with E-state index in [9.17, 15) is 4.79 Å². The zero-order valence-corrected chi connectivity index (χ0v) is 19.3. The monoisotopic (exact) mass is 468 g/mol. The van der Waals surface area contributed by atoms with Crippen LogP contribution in [0.1, 0.15) is 12.5 Å². The summed E-state index contributed by atoms with van der Waals surface area (Å²) in [6.45, 7) is 3.91. The quantitative estimate of drug-likeness (QED) is 0.362. The maximum atomic E-state index is 12.4. The summed E-state index contributed by atoms with van der Waals surface area (Å²) in [4.78, 5) is 19.1. The highest BCUT2D eigenvalue weighted by molar-refractivity contribution is 8.02. The Morgan fingerprint density at radius 3 is 2.83 bits per heavy atom. The van der Waals surface area contributed by atoms with Crippen LogP contribution < -0.4 is 11.1 Å². The highest BCUT2D eigenvalue weighted by Gasteiger charge is 2.17. The predicted molar refractivity (Wildman–Crippen MR) is 125 cm³/mol. The van der Waals surface area contributed by atoms with E-state index in [-0.39, 0.29) is 11.2 Å². The predicted octanol–water partition coefficient (Wildman–Crippen LogP) is 4.91. The molecule has 1 heterocycles. The third-order valence-corrected chi connectivity index (χ3v) is 7.22. The van der Waals surface area contributed by atoms with Gasteiger partial charge in [-0.15, -0.1) is 11.3 Å². The SMILES string of the molecule is CC(Sc1nc2ccc(N)cc2s1)C(=O)NCCN(C)Cc1ccc(Cl)c(Cl)c1. The molecular weight excluding hydrogens is 447 g/mol. The van der Waals surface area contributed by atoms with Crippen LogP contribution in [-0.4, -0.2) is 41.2 Å². The summed E-state index contributed by atoms with van der Waals surface area (Å²) < 4.78 is 1.90. The highest BCUT2D eigenvalue weighted by Crippen LogP contribution is 2.33. The van der Waals surface area contributed by atoms with Crippen molar-refractivity contribution in [2.45, 2.75) is 23.1 Å². The number of halogens is 2. The third-order valence-electron chi connectivity index (χ3n) is 4.27. The molecule has 3 N–H and O–H groups in total. The molecule has 2 aromatic carbocycles. The Morgan fingerprint density at radius 2 is 2.07 bits per heavy atom. The minimum atomic E-state index is -0.228. The molecule has 29 heavy (non-hydrogen) atoms. The van der Waals surface area contributed by atoms with E-state index >= 15 is 0 Å². The minimum Gasteiger partial charge on any atom is -0.399 e. The van der Waals surface area contributed by atoms with Gasteiger partial charge in [0.1, 0.15) is 0 Å². The van der Waals surface area contributed by atoms with Crippen molar-refractivity contribution in [2.75, 3.05) is 25.9 Å². The van der Waals surface area contributed by atoms with Crippen LogP contribution >= 0.6 is 46.3 Å². The number of anilines is 1. The van der Waals surface area contributed by atoms with E-state index < -0.39 is 0 Å². The number of thioether (sulfide) groups is 1. The van der Waals surface area contributed by atoms with Crippen LogP contribution in [0.5, 0.6) is 0 Å². The second-order valence-corrected chi connectivity index (χ2v) is 10.2. The number of fused-ring (bicyclic) bond motifs is 1. The smallest absolute Gasteiger partial charge is 0.233 e. The summed E-state index contributed by atoms with van der Waals surface area (Å²) >= 11 is 15.0. The van der Waals surface area contributed by atoms with Gasteiger partial charge in [-0.05, 0) is 49.9 Å². The zero-order chi connectivity index (χ0) is 21.0. The lowest BCUT2D eigenvalue weighted by Gasteiger charge is -2.18. The van der Waals surface area contributed by atoms with Crippen LogP contribution in [0.25, 0.3) is 10.2 Å². The first kappa shape index (κ1) is 22.2. The fraction of sp³-hybridized carbons (Fsp3) is 0.300. The van der Waals surface area contributed by atoms with Gasteiger partial charge in [-0.1, -0.05) is 41.0 Å². The first-order valence-corrected chi connectivity index (χ1v) is 11.5. The van der Waals surface area contributed by atoms with Gasteiger partial charge in [-0.3, -0.25) is 4.79 Å². The van der Waals surface area contributed by atoms with Gasteiger partial charge in [0.05, 0.1) is 25.5 Å². The van der Waals surface area contributed by atoms with Crippen molar-refractivity contribution in [3.8, 4) is 0 Å². The molecule has 5 nitrogen and oxygen atoms in total. The molecule has 0 bridgehead atoms. The van der Waals surface area contributed by atoms with Crippen molar-refractivity contribution in [2.24, 2.45) is 0 Å². The Hall–Kier alpha value is -1.51. The number of hydrogen-bond donors (Lipinski definition) is 2. The molecule has 0 fully saturated rings. The van der Waals surface area contributed by atoms with E-state index in [0.29, 0.717) is 22.3 Å². The van der Waals surface area contributed by atoms with Crippen molar-refractivity contribution in [1.29, 1.82) is 0 Å². The number of nitrogens with one attached hydrogen (secondary N) is 1. The van der Waals surface area contributed by atoms with Gasteiger partial charge >= 0.3 is 0 Å². The molecule has 3 rings (SSSR count). The number of likely N-dealkylation sites (N-methyl/N-ethyl adjacent to an activating group) is 1. The number of nitrogens with two attached hydrogens (primary N) is 1. The van der Waals surface area contributed by atoms with Gasteiger partial charge in [0, 0.05) is 25.3 Å². The van der Waals surface area contributed by atoms with Crippen molar-refractivity contribution >= 4 is 68.1 Å². The number of carbonyl (C=O) groups is 1. The molecule has 0 saturated carbocycles. The van der Waals surface area contributed by atoms with Crippen molar-refractivity contribution in [3.63, 3.8) is 0 Å². The molecule has 0 radical (unpaired) electrons. The van der Waals surface area contributed by atoms with Crippen LogP contribution in [0.15, 0.2) is 40.7 Å². The van der Waals surface area contributed by atoms with E-state index in [2.05, 4.69) is 15.2 Å². The van der Waals surface area contributed by atoms with Crippen molar-refractivity contribution in [3.05, 3.63) is 52.0 Å². The third kappa shape index (κ3) is 6.23. The molecule has 1 aromatic heterocycles. The Morgan fingerprint density at radius 1 is 1.28 bits per heavy atom. The summed E-state index contributed by atoms with van der Waals surface area (Å²) in [6.07, 6.45) is 0. The van der Waals surface area contributed by atoms with Crippen LogP contribution in [0.3, 0.4) is 0 Å². The Balaban J connectivity index is 1.44. The summed E-state index contributed by atoms with van der Waals surface area (Å²) in [5.41, 5.74) is 8.52. The normalized spacial score (nSPS) is 12.4. The molecule has 0 saturated heterocycles. The Bertz CT molecular complexity index is 1010. The van der Waals surface area contributed by atoms with Crippen LogP contribution in [0.4, 0.5) is 5.69 Å². The summed E-state index contributed by atoms with van der Waals surface area (Å²) in [5, 5.41) is 3.86. The number of carbonyl (C=O) groups excluding carboxylic acids is 1. The molecule has 0 aliphatic carbocycles. The van der Waals surface area contributed by atoms with Crippen LogP contribution in [0, 0.1) is 0 Å². The molecule has 3 aromatic rings. The fourth-order valence-electron chi connectivity index (χ4n) is 2.72. The average Bonchev–Trinajstić information content (AvgIpc) is 3.05. The zero-order valence-electron chi connectivity index (χ0n) is 16.1.